The SMILES string of the molecule is Cc1cc(S(=O)(=O)N2CC3CC(N(CC4CCOCC4)C(=O)OCc4ccccc4)CC3C2)n(C)n1. The lowest BCUT2D eigenvalue weighted by Crippen LogP contribution is -2.44. The number of aryl methyl sites for hydroxylation is 2. The van der Waals surface area contributed by atoms with Gasteiger partial charge in [-0.15, -0.1) is 0 Å². The number of hydrogen-bond acceptors (Lipinski definition) is 6. The van der Waals surface area contributed by atoms with E-state index in [9.17, 15) is 13.2 Å². The molecule has 9 nitrogen and oxygen atoms in total. The van der Waals surface area contributed by atoms with Crippen LogP contribution < -0.4 is 0 Å². The van der Waals surface area contributed by atoms with Crippen LogP contribution in [-0.2, 0) is 33.2 Å². The van der Waals surface area contributed by atoms with Gasteiger partial charge in [-0.1, -0.05) is 30.3 Å². The van der Waals surface area contributed by atoms with Crippen LogP contribution >= 0.6 is 0 Å². The van der Waals surface area contributed by atoms with E-state index in [4.69, 9.17) is 9.47 Å². The van der Waals surface area contributed by atoms with E-state index in [0.29, 0.717) is 31.2 Å². The van der Waals surface area contributed by atoms with Crippen LogP contribution in [0.1, 0.15) is 36.9 Å². The molecule has 3 aliphatic rings. The highest BCUT2D eigenvalue weighted by atomic mass is 32.2. The Hall–Kier alpha value is -2.43. The first-order valence-corrected chi connectivity index (χ1v) is 14.3. The number of carbonyl (C=O) groups is 1. The third kappa shape index (κ3) is 5.31. The summed E-state index contributed by atoms with van der Waals surface area (Å²) >= 11 is 0. The Bertz CT molecular complexity index is 1150. The van der Waals surface area contributed by atoms with Crippen molar-refractivity contribution in [3.63, 3.8) is 0 Å². The van der Waals surface area contributed by atoms with Gasteiger partial charge in [0, 0.05) is 45.9 Å². The van der Waals surface area contributed by atoms with Crippen molar-refractivity contribution in [2.75, 3.05) is 32.8 Å². The number of nitrogens with zero attached hydrogens (tertiary/aromatic N) is 4. The third-order valence-corrected chi connectivity index (χ3v) is 9.82. The van der Waals surface area contributed by atoms with Crippen molar-refractivity contribution < 1.29 is 22.7 Å². The average molecular weight is 517 g/mol. The number of benzene rings is 1. The fraction of sp³-hybridized carbons (Fsp3) is 0.615. The van der Waals surface area contributed by atoms with Crippen LogP contribution in [0.3, 0.4) is 0 Å². The summed E-state index contributed by atoms with van der Waals surface area (Å²) < 4.78 is 40.9. The predicted octanol–water partition coefficient (Wildman–Crippen LogP) is 3.19. The van der Waals surface area contributed by atoms with Crippen LogP contribution in [0.5, 0.6) is 0 Å². The molecule has 196 valence electrons. The summed E-state index contributed by atoms with van der Waals surface area (Å²) in [6.45, 7) is 5.14. The topological polar surface area (TPSA) is 94.0 Å². The second kappa shape index (κ2) is 10.5. The van der Waals surface area contributed by atoms with Gasteiger partial charge in [-0.3, -0.25) is 4.68 Å². The number of aromatic nitrogens is 2. The zero-order chi connectivity index (χ0) is 25.3. The summed E-state index contributed by atoms with van der Waals surface area (Å²) in [6.07, 6.45) is 3.21. The van der Waals surface area contributed by atoms with Gasteiger partial charge >= 0.3 is 6.09 Å². The van der Waals surface area contributed by atoms with E-state index < -0.39 is 10.0 Å². The van der Waals surface area contributed by atoms with Crippen molar-refractivity contribution in [2.45, 2.75) is 50.3 Å². The van der Waals surface area contributed by atoms with Crippen molar-refractivity contribution in [1.82, 2.24) is 19.0 Å². The highest BCUT2D eigenvalue weighted by Crippen LogP contribution is 2.42. The zero-order valence-electron chi connectivity index (χ0n) is 21.1. The first-order valence-electron chi connectivity index (χ1n) is 12.9. The molecule has 0 radical (unpaired) electrons. The summed E-state index contributed by atoms with van der Waals surface area (Å²) in [6, 6.07) is 11.4. The summed E-state index contributed by atoms with van der Waals surface area (Å²) in [7, 11) is -1.92. The lowest BCUT2D eigenvalue weighted by atomic mass is 9.98. The molecular formula is C26H36N4O5S. The Morgan fingerprint density at radius 3 is 2.42 bits per heavy atom. The molecule has 0 spiro atoms. The highest BCUT2D eigenvalue weighted by Gasteiger charge is 2.48. The molecule has 0 bridgehead atoms. The molecule has 2 atom stereocenters. The van der Waals surface area contributed by atoms with Crippen molar-refractivity contribution in [3.8, 4) is 0 Å². The summed E-state index contributed by atoms with van der Waals surface area (Å²) in [4.78, 5) is 15.2. The minimum atomic E-state index is -3.59. The van der Waals surface area contributed by atoms with Gasteiger partial charge in [0.25, 0.3) is 10.0 Å². The molecule has 1 saturated carbocycles. The Kier molecular flexibility index (Phi) is 7.37. The predicted molar refractivity (Wildman–Crippen MR) is 134 cm³/mol. The molecule has 2 saturated heterocycles. The van der Waals surface area contributed by atoms with E-state index >= 15 is 0 Å². The lowest BCUT2D eigenvalue weighted by Gasteiger charge is -2.34. The normalized spacial score (nSPS) is 25.1. The minimum Gasteiger partial charge on any atom is -0.445 e. The first kappa shape index (κ1) is 25.2. The number of rotatable bonds is 7. The molecule has 2 aliphatic heterocycles. The van der Waals surface area contributed by atoms with E-state index in [0.717, 1.165) is 44.5 Å². The molecule has 10 heteroatoms. The quantitative estimate of drug-likeness (QED) is 0.561. The van der Waals surface area contributed by atoms with E-state index in [1.54, 1.807) is 24.3 Å². The Morgan fingerprint density at radius 1 is 1.14 bits per heavy atom. The van der Waals surface area contributed by atoms with Crippen LogP contribution in [0.15, 0.2) is 41.4 Å². The van der Waals surface area contributed by atoms with Crippen LogP contribution in [0.25, 0.3) is 0 Å². The Labute approximate surface area is 213 Å². The van der Waals surface area contributed by atoms with Gasteiger partial charge in [-0.2, -0.15) is 9.40 Å². The molecule has 5 rings (SSSR count). The van der Waals surface area contributed by atoms with Crippen LogP contribution in [0.4, 0.5) is 4.79 Å². The van der Waals surface area contributed by atoms with E-state index in [1.807, 2.05) is 35.2 Å². The molecule has 2 unspecified atom stereocenters. The van der Waals surface area contributed by atoms with E-state index in [-0.39, 0.29) is 35.6 Å². The van der Waals surface area contributed by atoms with Crippen LogP contribution in [0, 0.1) is 24.7 Å². The third-order valence-electron chi connectivity index (χ3n) is 7.93. The fourth-order valence-corrected chi connectivity index (χ4v) is 7.75. The molecule has 2 aromatic rings. The van der Waals surface area contributed by atoms with Gasteiger partial charge < -0.3 is 14.4 Å². The molecule has 1 aromatic carbocycles. The van der Waals surface area contributed by atoms with E-state index in [2.05, 4.69) is 5.10 Å². The molecule has 3 fully saturated rings. The van der Waals surface area contributed by atoms with Gasteiger partial charge in [-0.05, 0) is 62.0 Å². The molecular weight excluding hydrogens is 480 g/mol. The number of fused-ring (bicyclic) bond motifs is 1. The average Bonchev–Trinajstić information content (AvgIpc) is 3.55. The second-order valence-corrected chi connectivity index (χ2v) is 12.3. The van der Waals surface area contributed by atoms with E-state index in [1.165, 1.54) is 4.68 Å². The molecule has 0 N–H and O–H groups in total. The fourth-order valence-electron chi connectivity index (χ4n) is 6.02. The Morgan fingerprint density at radius 2 is 1.81 bits per heavy atom. The number of carbonyl (C=O) groups excluding carboxylic acids is 1. The number of sulfonamides is 1. The van der Waals surface area contributed by atoms with Gasteiger partial charge in [0.1, 0.15) is 6.61 Å². The monoisotopic (exact) mass is 516 g/mol. The van der Waals surface area contributed by atoms with Crippen molar-refractivity contribution >= 4 is 16.1 Å². The minimum absolute atomic E-state index is 0.0647. The second-order valence-electron chi connectivity index (χ2n) is 10.5. The zero-order valence-corrected chi connectivity index (χ0v) is 21.9. The molecule has 3 heterocycles. The van der Waals surface area contributed by atoms with Gasteiger partial charge in [0.05, 0.1) is 5.69 Å². The standard InChI is InChI=1S/C26H36N4O5S/c1-19-12-25(28(2)27-19)36(32,33)29-16-22-13-24(14-23(22)17-29)30(15-20-8-10-34-11-9-20)26(31)35-18-21-6-4-3-5-7-21/h3-7,12,20,22-24H,8-11,13-18H2,1-2H3. The maximum Gasteiger partial charge on any atom is 0.410 e. The van der Waals surface area contributed by atoms with Crippen molar-refractivity contribution in [2.24, 2.45) is 24.8 Å². The van der Waals surface area contributed by atoms with Crippen LogP contribution in [0.2, 0.25) is 0 Å². The maximum absolute atomic E-state index is 13.3. The number of amides is 1. The van der Waals surface area contributed by atoms with Crippen LogP contribution in [-0.4, -0.2) is 72.4 Å². The van der Waals surface area contributed by atoms with Crippen molar-refractivity contribution in [1.29, 1.82) is 0 Å². The Balaban J connectivity index is 1.25. The molecule has 1 aliphatic carbocycles. The smallest absolute Gasteiger partial charge is 0.410 e. The first-order chi connectivity index (χ1) is 17.3. The van der Waals surface area contributed by atoms with Gasteiger partial charge in [0.15, 0.2) is 5.03 Å². The van der Waals surface area contributed by atoms with Gasteiger partial charge in [-0.25, -0.2) is 13.2 Å². The number of ether oxygens (including phenoxy) is 2. The molecule has 1 amide bonds. The van der Waals surface area contributed by atoms with Gasteiger partial charge in [0.2, 0.25) is 0 Å². The maximum atomic E-state index is 13.3. The summed E-state index contributed by atoms with van der Waals surface area (Å²) in [5.74, 6) is 0.866. The highest BCUT2D eigenvalue weighted by molar-refractivity contribution is 7.89. The number of hydrogen-bond donors (Lipinski definition) is 0. The lowest BCUT2D eigenvalue weighted by molar-refractivity contribution is 0.0351. The van der Waals surface area contributed by atoms with Crippen molar-refractivity contribution in [3.05, 3.63) is 47.7 Å². The largest absolute Gasteiger partial charge is 0.445 e. The summed E-state index contributed by atoms with van der Waals surface area (Å²) in [5, 5.41) is 4.45. The molecule has 1 aromatic heterocycles. The molecule has 36 heavy (non-hydrogen) atoms. The summed E-state index contributed by atoms with van der Waals surface area (Å²) in [5.41, 5.74) is 1.65.